The highest BCUT2D eigenvalue weighted by Gasteiger charge is 2.37. The molecule has 1 N–H and O–H groups in total. The summed E-state index contributed by atoms with van der Waals surface area (Å²) in [6.45, 7) is 1.00. The van der Waals surface area contributed by atoms with E-state index in [0.717, 1.165) is 24.2 Å². The largest absolute Gasteiger partial charge is 0.454 e. The minimum Gasteiger partial charge on any atom is -0.454 e. The number of nitrogens with one attached hydrogen (secondary N) is 1. The van der Waals surface area contributed by atoms with Crippen molar-refractivity contribution in [1.29, 1.82) is 0 Å². The fourth-order valence-corrected chi connectivity index (χ4v) is 4.29. The summed E-state index contributed by atoms with van der Waals surface area (Å²) in [6.07, 6.45) is 4.53. The van der Waals surface area contributed by atoms with E-state index in [-0.39, 0.29) is 12.4 Å². The van der Waals surface area contributed by atoms with E-state index in [9.17, 15) is 9.59 Å². The van der Waals surface area contributed by atoms with Crippen molar-refractivity contribution in [2.75, 3.05) is 18.2 Å². The van der Waals surface area contributed by atoms with Gasteiger partial charge < -0.3 is 14.4 Å². The molecule has 2 aromatic carbocycles. The third kappa shape index (κ3) is 2.27. The van der Waals surface area contributed by atoms with Gasteiger partial charge in [-0.1, -0.05) is 24.3 Å². The van der Waals surface area contributed by atoms with Crippen LogP contribution in [0.4, 0.5) is 5.69 Å². The Morgan fingerprint density at radius 1 is 1.00 bits per heavy atom. The molecule has 4 aliphatic heterocycles. The molecular weight excluding hydrogens is 370 g/mol. The summed E-state index contributed by atoms with van der Waals surface area (Å²) < 4.78 is 10.8. The third-order valence-electron chi connectivity index (χ3n) is 5.56. The molecule has 0 atom stereocenters. The van der Waals surface area contributed by atoms with Crippen LogP contribution < -0.4 is 19.7 Å². The number of carbonyl (C=O) groups is 2. The van der Waals surface area contributed by atoms with E-state index < -0.39 is 11.8 Å². The number of hydrogen-bond acceptors (Lipinski definition) is 6. The van der Waals surface area contributed by atoms with Gasteiger partial charge in [-0.3, -0.25) is 19.9 Å². The van der Waals surface area contributed by atoms with E-state index in [0.29, 0.717) is 28.3 Å². The summed E-state index contributed by atoms with van der Waals surface area (Å²) in [5, 5.41) is 2.43. The molecular formula is C22H15N3O4. The first-order valence-electron chi connectivity index (χ1n) is 9.34. The molecule has 0 fully saturated rings. The lowest BCUT2D eigenvalue weighted by Crippen LogP contribution is -2.25. The van der Waals surface area contributed by atoms with E-state index in [1.807, 2.05) is 18.3 Å². The topological polar surface area (TPSA) is 80.2 Å². The molecule has 29 heavy (non-hydrogen) atoms. The Kier molecular flexibility index (Phi) is 3.23. The van der Waals surface area contributed by atoms with Crippen LogP contribution in [0.1, 0.15) is 16.7 Å². The number of hydrogen-bond donors (Lipinski definition) is 1. The van der Waals surface area contributed by atoms with Crippen LogP contribution >= 0.6 is 0 Å². The maximum absolute atomic E-state index is 12.8. The highest BCUT2D eigenvalue weighted by atomic mass is 16.7. The summed E-state index contributed by atoms with van der Waals surface area (Å²) in [5.41, 5.74) is 4.76. The van der Waals surface area contributed by atoms with Crippen LogP contribution in [0.3, 0.4) is 0 Å². The zero-order valence-electron chi connectivity index (χ0n) is 15.3. The number of para-hydroxylation sites is 1. The molecule has 4 aliphatic rings. The van der Waals surface area contributed by atoms with Crippen LogP contribution in [0.2, 0.25) is 0 Å². The van der Waals surface area contributed by atoms with Crippen molar-refractivity contribution >= 4 is 28.8 Å². The number of carbonyl (C=O) groups excluding carboxylic acids is 2. The van der Waals surface area contributed by atoms with Gasteiger partial charge in [0, 0.05) is 24.5 Å². The Balaban J connectivity index is 1.58. The maximum Gasteiger partial charge on any atom is 0.261 e. The fraction of sp³-hybridized carbons (Fsp3) is 0.136. The quantitative estimate of drug-likeness (QED) is 0.802. The lowest BCUT2D eigenvalue weighted by atomic mass is 9.92. The second kappa shape index (κ2) is 5.81. The van der Waals surface area contributed by atoms with Crippen molar-refractivity contribution in [2.24, 2.45) is 4.99 Å². The second-order valence-corrected chi connectivity index (χ2v) is 7.13. The van der Waals surface area contributed by atoms with Gasteiger partial charge in [0.25, 0.3) is 11.8 Å². The number of rotatable bonds is 2. The number of ether oxygens (including phenoxy) is 2. The van der Waals surface area contributed by atoms with Crippen molar-refractivity contribution in [3.8, 4) is 11.5 Å². The third-order valence-corrected chi connectivity index (χ3v) is 5.56. The summed E-state index contributed by atoms with van der Waals surface area (Å²) in [7, 11) is 0. The van der Waals surface area contributed by atoms with E-state index >= 15 is 0 Å². The summed E-state index contributed by atoms with van der Waals surface area (Å²) in [4.78, 5) is 32.3. The normalized spacial score (nSPS) is 18.8. The number of amides is 2. The molecule has 4 heterocycles. The van der Waals surface area contributed by atoms with Gasteiger partial charge in [0.05, 0.1) is 22.5 Å². The number of fused-ring (bicyclic) bond motifs is 1. The van der Waals surface area contributed by atoms with Crippen LogP contribution in [-0.4, -0.2) is 30.9 Å². The molecule has 0 saturated carbocycles. The van der Waals surface area contributed by atoms with Crippen LogP contribution in [0.15, 0.2) is 59.4 Å². The Hall–Kier alpha value is -3.87. The van der Waals surface area contributed by atoms with Crippen LogP contribution in [0, 0.1) is 0 Å². The van der Waals surface area contributed by atoms with E-state index in [1.165, 1.54) is 5.56 Å². The average Bonchev–Trinajstić information content (AvgIpc) is 3.38. The highest BCUT2D eigenvalue weighted by molar-refractivity contribution is 6.47. The molecule has 0 spiro atoms. The van der Waals surface area contributed by atoms with Gasteiger partial charge in [0.1, 0.15) is 0 Å². The lowest BCUT2D eigenvalue weighted by Gasteiger charge is -2.17. The van der Waals surface area contributed by atoms with Gasteiger partial charge in [0.15, 0.2) is 11.5 Å². The summed E-state index contributed by atoms with van der Waals surface area (Å²) >= 11 is 0. The van der Waals surface area contributed by atoms with Gasteiger partial charge in [-0.2, -0.15) is 0 Å². The van der Waals surface area contributed by atoms with Crippen molar-refractivity contribution < 1.29 is 19.1 Å². The standard InChI is InChI=1S/C22H15N3O4/c26-21-17(13-4-5-15-16(10-13)29-11-28-15)18(22(27)24-21)19-14-3-1-2-12-6-8-25(20(12)14)9-7-23-19/h1-5,7,9-10H,6,8,11H2,(H,24,26,27). The molecule has 2 aromatic rings. The Morgan fingerprint density at radius 3 is 2.79 bits per heavy atom. The van der Waals surface area contributed by atoms with Gasteiger partial charge >= 0.3 is 0 Å². The summed E-state index contributed by atoms with van der Waals surface area (Å²) in [6, 6.07) is 11.2. The molecule has 142 valence electrons. The van der Waals surface area contributed by atoms with Gasteiger partial charge in [-0.05, 0) is 29.7 Å². The number of nitrogens with zero attached hydrogens (tertiary/aromatic N) is 2. The Labute approximate surface area is 165 Å². The average molecular weight is 385 g/mol. The number of benzene rings is 2. The number of aliphatic imine (C=N–C) groups is 1. The molecule has 0 bridgehead atoms. The van der Waals surface area contributed by atoms with Gasteiger partial charge in [-0.15, -0.1) is 0 Å². The summed E-state index contributed by atoms with van der Waals surface area (Å²) in [5.74, 6) is 0.283. The van der Waals surface area contributed by atoms with Crippen LogP contribution in [0.5, 0.6) is 11.5 Å². The first kappa shape index (κ1) is 16.1. The first-order valence-corrected chi connectivity index (χ1v) is 9.34. The van der Waals surface area contributed by atoms with Crippen LogP contribution in [-0.2, 0) is 16.0 Å². The zero-order chi connectivity index (χ0) is 19.5. The molecule has 7 nitrogen and oxygen atoms in total. The van der Waals surface area contributed by atoms with Crippen LogP contribution in [0.25, 0.3) is 5.57 Å². The highest BCUT2D eigenvalue weighted by Crippen LogP contribution is 2.39. The van der Waals surface area contributed by atoms with E-state index in [1.54, 1.807) is 24.4 Å². The predicted molar refractivity (Wildman–Crippen MR) is 106 cm³/mol. The molecule has 0 aliphatic carbocycles. The van der Waals surface area contributed by atoms with E-state index in [4.69, 9.17) is 9.47 Å². The molecule has 0 saturated heterocycles. The van der Waals surface area contributed by atoms with Crippen molar-refractivity contribution in [3.63, 3.8) is 0 Å². The lowest BCUT2D eigenvalue weighted by molar-refractivity contribution is -0.123. The van der Waals surface area contributed by atoms with E-state index in [2.05, 4.69) is 21.3 Å². The van der Waals surface area contributed by atoms with Gasteiger partial charge in [-0.25, -0.2) is 0 Å². The first-order chi connectivity index (χ1) is 14.2. The van der Waals surface area contributed by atoms with Crippen molar-refractivity contribution in [3.05, 3.63) is 71.1 Å². The van der Waals surface area contributed by atoms with Crippen molar-refractivity contribution in [2.45, 2.75) is 6.42 Å². The molecule has 7 heteroatoms. The number of imide groups is 1. The second-order valence-electron chi connectivity index (χ2n) is 7.13. The SMILES string of the molecule is O=C1NC(=O)C(c2ccc3c(c2)OCO3)=C1C1=NC=CN2CCc3cccc1c32. The molecule has 2 amide bonds. The molecule has 6 rings (SSSR count). The predicted octanol–water partition coefficient (Wildman–Crippen LogP) is 2.16. The zero-order valence-corrected chi connectivity index (χ0v) is 15.3. The molecule has 0 aromatic heterocycles. The Morgan fingerprint density at radius 2 is 1.86 bits per heavy atom. The monoisotopic (exact) mass is 385 g/mol. The minimum atomic E-state index is -0.445. The smallest absolute Gasteiger partial charge is 0.261 e. The van der Waals surface area contributed by atoms with Gasteiger partial charge in [0.2, 0.25) is 6.79 Å². The molecule has 0 radical (unpaired) electrons. The van der Waals surface area contributed by atoms with Crippen molar-refractivity contribution in [1.82, 2.24) is 5.32 Å². The fourth-order valence-electron chi connectivity index (χ4n) is 4.29. The molecule has 0 unspecified atom stereocenters. The maximum atomic E-state index is 12.8. The minimum absolute atomic E-state index is 0.138. The number of anilines is 1. The Bertz CT molecular complexity index is 1210.